The van der Waals surface area contributed by atoms with Crippen molar-refractivity contribution in [2.75, 3.05) is 11.6 Å². The largest absolute Gasteiger partial charge is 0.868 e. The molecule has 0 radical (unpaired) electrons. The van der Waals surface area contributed by atoms with E-state index in [1.165, 1.54) is 4.68 Å². The van der Waals surface area contributed by atoms with E-state index in [0.29, 0.717) is 6.07 Å². The number of benzene rings is 1. The fourth-order valence-corrected chi connectivity index (χ4v) is 1.21. The van der Waals surface area contributed by atoms with Crippen LogP contribution in [0.4, 0.5) is 17.1 Å². The number of hydrogen-bond donors (Lipinski definition) is 2. The molecule has 0 saturated heterocycles. The minimum Gasteiger partial charge on any atom is -0.868 e. The summed E-state index contributed by atoms with van der Waals surface area (Å²) in [5.74, 6) is 4.45. The zero-order valence-corrected chi connectivity index (χ0v) is 10.6. The molecule has 0 fully saturated rings. The van der Waals surface area contributed by atoms with E-state index in [4.69, 9.17) is 11.6 Å². The van der Waals surface area contributed by atoms with Crippen LogP contribution in [-0.2, 0) is 0 Å². The first kappa shape index (κ1) is 15.6. The molecule has 21 heavy (non-hydrogen) atoms. The average molecular weight is 293 g/mol. The number of hydrogen-bond acceptors (Lipinski definition) is 7. The Morgan fingerprint density at radius 1 is 1.00 bits per heavy atom. The number of non-ortho nitro benzene ring substituents is 1. The lowest BCUT2D eigenvalue weighted by molar-refractivity contribution is -0.638. The molecule has 2 aromatic rings. The average Bonchev–Trinajstić information content (AvgIpc) is 2.42. The predicted octanol–water partition coefficient (Wildman–Crippen LogP) is -0.153. The van der Waals surface area contributed by atoms with Gasteiger partial charge in [-0.3, -0.25) is 20.2 Å². The highest BCUT2D eigenvalue weighted by atomic mass is 16.6. The summed E-state index contributed by atoms with van der Waals surface area (Å²) in [4.78, 5) is 18.6. The molecule has 0 saturated carbocycles. The number of nitro groups is 2. The Kier molecular flexibility index (Phi) is 4.95. The van der Waals surface area contributed by atoms with Gasteiger partial charge in [-0.15, -0.1) is 0 Å². The third-order valence-corrected chi connectivity index (χ3v) is 2.23. The molecule has 1 aromatic heterocycles. The maximum atomic E-state index is 10.8. The van der Waals surface area contributed by atoms with Crippen molar-refractivity contribution in [3.05, 3.63) is 63.0 Å². The minimum atomic E-state index is -0.949. The van der Waals surface area contributed by atoms with Gasteiger partial charge in [0.15, 0.2) is 0 Å². The van der Waals surface area contributed by atoms with Crippen LogP contribution in [0.5, 0.6) is 5.75 Å². The van der Waals surface area contributed by atoms with Crippen LogP contribution >= 0.6 is 0 Å². The van der Waals surface area contributed by atoms with Gasteiger partial charge in [0.2, 0.25) is 12.4 Å². The van der Waals surface area contributed by atoms with E-state index >= 15 is 0 Å². The van der Waals surface area contributed by atoms with E-state index in [2.05, 4.69) is 0 Å². The molecule has 10 heteroatoms. The van der Waals surface area contributed by atoms with Crippen LogP contribution in [0.2, 0.25) is 0 Å². The zero-order chi connectivity index (χ0) is 16.0. The highest BCUT2D eigenvalue weighted by molar-refractivity contribution is 5.51. The normalized spacial score (nSPS) is 9.33. The monoisotopic (exact) mass is 293 g/mol. The molecule has 1 aromatic carbocycles. The first-order chi connectivity index (χ1) is 9.81. The van der Waals surface area contributed by atoms with Crippen LogP contribution in [0.3, 0.4) is 0 Å². The van der Waals surface area contributed by atoms with Crippen molar-refractivity contribution in [2.24, 2.45) is 0 Å². The van der Waals surface area contributed by atoms with Gasteiger partial charge in [0.05, 0.1) is 15.9 Å². The third-order valence-electron chi connectivity index (χ3n) is 2.23. The summed E-state index contributed by atoms with van der Waals surface area (Å²) in [6, 6.07) is 5.84. The Bertz CT molecular complexity index is 638. The maximum absolute atomic E-state index is 10.8. The molecule has 0 aliphatic carbocycles. The van der Waals surface area contributed by atoms with Gasteiger partial charge in [-0.1, -0.05) is 10.7 Å². The Balaban J connectivity index is 0.000000235. The van der Waals surface area contributed by atoms with E-state index < -0.39 is 27.0 Å². The fraction of sp³-hybridized carbons (Fsp3) is 0. The summed E-state index contributed by atoms with van der Waals surface area (Å²) in [5.41, 5.74) is 4.84. The Hall–Kier alpha value is -3.43. The summed E-state index contributed by atoms with van der Waals surface area (Å²) < 4.78 is 1.44. The molecule has 0 spiro atoms. The summed E-state index contributed by atoms with van der Waals surface area (Å²) in [5, 5.41) is 31.1. The summed E-state index contributed by atoms with van der Waals surface area (Å²) >= 11 is 0. The van der Waals surface area contributed by atoms with Crippen LogP contribution in [0.15, 0.2) is 42.7 Å². The predicted molar refractivity (Wildman–Crippen MR) is 70.4 cm³/mol. The summed E-state index contributed by atoms with van der Waals surface area (Å²) in [6.45, 7) is 0. The number of nitrogen functional groups attached to an aromatic ring is 2. The van der Waals surface area contributed by atoms with Crippen LogP contribution in [-0.4, -0.2) is 9.85 Å². The lowest BCUT2D eigenvalue weighted by atomic mass is 10.2. The number of nitrogens with two attached hydrogens (primary N) is 2. The quantitative estimate of drug-likeness (QED) is 0.336. The second-order valence-electron chi connectivity index (χ2n) is 3.74. The van der Waals surface area contributed by atoms with Gasteiger partial charge in [-0.25, -0.2) is 5.84 Å². The van der Waals surface area contributed by atoms with Crippen molar-refractivity contribution >= 4 is 17.1 Å². The Morgan fingerprint density at radius 3 is 2.00 bits per heavy atom. The number of nitrogens with zero attached hydrogens (tertiary/aromatic N) is 3. The molecule has 0 atom stereocenters. The van der Waals surface area contributed by atoms with Crippen LogP contribution in [0.1, 0.15) is 0 Å². The SMILES string of the molecule is Nc1cc[n+](N)cc1.O=[N+]([O-])c1ccc([O-])c([N+](=O)[O-])c1. The van der Waals surface area contributed by atoms with Gasteiger partial charge in [0, 0.05) is 23.9 Å². The molecular weight excluding hydrogens is 282 g/mol. The molecular formula is C11H11N5O5. The van der Waals surface area contributed by atoms with Crippen LogP contribution in [0, 0.1) is 20.2 Å². The number of aromatic nitrogens is 1. The van der Waals surface area contributed by atoms with Gasteiger partial charge in [0.25, 0.3) is 11.4 Å². The molecule has 0 bridgehead atoms. The van der Waals surface area contributed by atoms with Crippen molar-refractivity contribution in [1.82, 2.24) is 0 Å². The number of anilines is 1. The van der Waals surface area contributed by atoms with Gasteiger partial charge in [0.1, 0.15) is 0 Å². The van der Waals surface area contributed by atoms with Gasteiger partial charge in [-0.05, 0) is 5.75 Å². The molecule has 0 amide bonds. The molecule has 0 unspecified atom stereocenters. The second-order valence-corrected chi connectivity index (χ2v) is 3.74. The van der Waals surface area contributed by atoms with Crippen molar-refractivity contribution in [3.8, 4) is 5.75 Å². The van der Waals surface area contributed by atoms with E-state index in [9.17, 15) is 25.3 Å². The molecule has 4 N–H and O–H groups in total. The van der Waals surface area contributed by atoms with Crippen molar-refractivity contribution in [2.45, 2.75) is 0 Å². The van der Waals surface area contributed by atoms with E-state index in [1.807, 2.05) is 0 Å². The summed E-state index contributed by atoms with van der Waals surface area (Å²) in [7, 11) is 0. The summed E-state index contributed by atoms with van der Waals surface area (Å²) in [6.07, 6.45) is 3.38. The van der Waals surface area contributed by atoms with Crippen LogP contribution < -0.4 is 21.4 Å². The third kappa shape index (κ3) is 4.63. The molecule has 110 valence electrons. The first-order valence-corrected chi connectivity index (χ1v) is 5.43. The number of pyridine rings is 1. The van der Waals surface area contributed by atoms with Crippen molar-refractivity contribution in [1.29, 1.82) is 0 Å². The van der Waals surface area contributed by atoms with E-state index in [1.54, 1.807) is 24.5 Å². The van der Waals surface area contributed by atoms with Gasteiger partial charge < -0.3 is 10.8 Å². The van der Waals surface area contributed by atoms with Gasteiger partial charge in [-0.2, -0.15) is 0 Å². The molecule has 1 heterocycles. The maximum Gasteiger partial charge on any atom is 0.276 e. The Labute approximate surface area is 118 Å². The lowest BCUT2D eigenvalue weighted by Crippen LogP contribution is -2.43. The Morgan fingerprint density at radius 2 is 1.57 bits per heavy atom. The smallest absolute Gasteiger partial charge is 0.276 e. The molecule has 2 rings (SSSR count). The van der Waals surface area contributed by atoms with E-state index in [0.717, 1.165) is 17.8 Å². The molecule has 0 aliphatic rings. The topological polar surface area (TPSA) is 165 Å². The minimum absolute atomic E-state index is 0.466. The number of rotatable bonds is 2. The fourth-order valence-electron chi connectivity index (χ4n) is 1.21. The van der Waals surface area contributed by atoms with Crippen molar-refractivity contribution in [3.63, 3.8) is 0 Å². The zero-order valence-electron chi connectivity index (χ0n) is 10.6. The van der Waals surface area contributed by atoms with Crippen LogP contribution in [0.25, 0.3) is 0 Å². The van der Waals surface area contributed by atoms with Crippen molar-refractivity contribution < 1.29 is 19.6 Å². The lowest BCUT2D eigenvalue weighted by Gasteiger charge is -2.03. The standard InChI is InChI=1S/C6H4N2O5.C5H7N3/c9-6-2-1-4(7(10)11)3-5(6)8(12)13;6-5-1-3-8(7)4-2-5/h1-3,9H;1-4,6H,7H2. The highest BCUT2D eigenvalue weighted by Crippen LogP contribution is 2.27. The highest BCUT2D eigenvalue weighted by Gasteiger charge is 2.13. The molecule has 0 aliphatic heterocycles. The van der Waals surface area contributed by atoms with Gasteiger partial charge >= 0.3 is 0 Å². The second kappa shape index (κ2) is 6.65. The van der Waals surface area contributed by atoms with E-state index in [-0.39, 0.29) is 0 Å². The first-order valence-electron chi connectivity index (χ1n) is 5.43. The molecule has 10 nitrogen and oxygen atoms in total. The number of nitro benzene ring substituents is 2.